The second-order valence-electron chi connectivity index (χ2n) is 1.41. The van der Waals surface area contributed by atoms with Gasteiger partial charge in [-0.2, -0.15) is 35.1 Å². The summed E-state index contributed by atoms with van der Waals surface area (Å²) in [6.45, 7) is 2.22. The van der Waals surface area contributed by atoms with Crippen LogP contribution in [0.15, 0.2) is 24.6 Å². The van der Waals surface area contributed by atoms with Crippen LogP contribution in [0.3, 0.4) is 0 Å². The van der Waals surface area contributed by atoms with Crippen molar-refractivity contribution < 1.29 is 35.1 Å². The number of hydrogen-bond acceptors (Lipinski definition) is 0. The van der Waals surface area contributed by atoms with Crippen molar-refractivity contribution in [2.75, 3.05) is 0 Å². The van der Waals surface area contributed by atoms with Crippen molar-refractivity contribution in [3.63, 3.8) is 0 Å². The molecule has 0 aromatic rings. The van der Waals surface area contributed by atoms with Gasteiger partial charge >= 0.3 is 12.3 Å². The Hall–Kier alpha value is -1.08. The van der Waals surface area contributed by atoms with Crippen molar-refractivity contribution in [1.29, 1.82) is 0 Å². The quantitative estimate of drug-likeness (QED) is 0.534. The molecule has 13 heavy (non-hydrogen) atoms. The molecule has 0 aliphatic rings. The van der Waals surface area contributed by atoms with Gasteiger partial charge in [0.05, 0.1) is 0 Å². The van der Waals surface area contributed by atoms with E-state index in [-0.39, 0.29) is 0 Å². The minimum atomic E-state index is -5.56. The lowest BCUT2D eigenvalue weighted by Gasteiger charge is -1.98. The van der Waals surface area contributed by atoms with Crippen LogP contribution in [0, 0.1) is 0 Å². The van der Waals surface area contributed by atoms with E-state index in [2.05, 4.69) is 6.58 Å². The second kappa shape index (κ2) is 5.55. The Kier molecular flexibility index (Phi) is 6.16. The Bertz CT molecular complexity index is 191. The molecular weight excluding hydrogens is 212 g/mol. The Labute approximate surface area is 67.1 Å². The SMILES string of the molecule is C=C(F)F.FC(F)=C(F)C(F)(F)F. The van der Waals surface area contributed by atoms with Gasteiger partial charge in [-0.1, -0.05) is 0 Å². The van der Waals surface area contributed by atoms with E-state index < -0.39 is 24.2 Å². The Morgan fingerprint density at radius 3 is 1.08 bits per heavy atom. The molecule has 0 rings (SSSR count). The summed E-state index contributed by atoms with van der Waals surface area (Å²) < 4.78 is 85.1. The fraction of sp³-hybridized carbons (Fsp3) is 0.200. The van der Waals surface area contributed by atoms with Gasteiger partial charge in [0.1, 0.15) is 0 Å². The number of halogens is 8. The summed E-state index contributed by atoms with van der Waals surface area (Å²) in [7, 11) is 0. The molecule has 0 saturated heterocycles. The maximum Gasteiger partial charge on any atom is 0.448 e. The molecule has 0 aromatic carbocycles. The number of hydrogen-bond donors (Lipinski definition) is 0. The molecular formula is C5H2F8. The van der Waals surface area contributed by atoms with Gasteiger partial charge in [-0.15, -0.1) is 0 Å². The average Bonchev–Trinajstić information content (AvgIpc) is 1.82. The minimum absolute atomic E-state index is 1.83. The first-order chi connectivity index (χ1) is 5.59. The van der Waals surface area contributed by atoms with Crippen molar-refractivity contribution in [3.8, 4) is 0 Å². The summed E-state index contributed by atoms with van der Waals surface area (Å²) >= 11 is 0. The van der Waals surface area contributed by atoms with Gasteiger partial charge in [0.2, 0.25) is 0 Å². The molecule has 0 aliphatic carbocycles. The highest BCUT2D eigenvalue weighted by atomic mass is 19.4. The maximum atomic E-state index is 11.0. The van der Waals surface area contributed by atoms with Crippen molar-refractivity contribution >= 4 is 0 Å². The van der Waals surface area contributed by atoms with Gasteiger partial charge in [0.25, 0.3) is 11.9 Å². The fourth-order valence-electron chi connectivity index (χ4n) is 0.107. The van der Waals surface area contributed by atoms with Gasteiger partial charge in [-0.05, 0) is 6.58 Å². The lowest BCUT2D eigenvalue weighted by atomic mass is 10.6. The van der Waals surface area contributed by atoms with Crippen LogP contribution in [0.1, 0.15) is 0 Å². The first-order valence-electron chi connectivity index (χ1n) is 2.37. The molecule has 78 valence electrons. The highest BCUT2D eigenvalue weighted by Crippen LogP contribution is 2.29. The predicted octanol–water partition coefficient (Wildman–Crippen LogP) is 4.02. The monoisotopic (exact) mass is 214 g/mol. The summed E-state index contributed by atoms with van der Waals surface area (Å²) in [5.41, 5.74) is 0. The zero-order valence-electron chi connectivity index (χ0n) is 5.73. The summed E-state index contributed by atoms with van der Waals surface area (Å²) in [6, 6.07) is 0. The first kappa shape index (κ1) is 14.4. The summed E-state index contributed by atoms with van der Waals surface area (Å²) in [4.78, 5) is 0. The zero-order chi connectivity index (χ0) is 11.2. The minimum Gasteiger partial charge on any atom is -0.196 e. The van der Waals surface area contributed by atoms with E-state index in [1.807, 2.05) is 0 Å². The fourth-order valence-corrected chi connectivity index (χ4v) is 0.107. The number of alkyl halides is 3. The molecule has 0 spiro atoms. The summed E-state index contributed by atoms with van der Waals surface area (Å²) in [5, 5.41) is 0. The lowest BCUT2D eigenvalue weighted by molar-refractivity contribution is -0.113. The summed E-state index contributed by atoms with van der Waals surface area (Å²) in [5.74, 6) is -3.33. The van der Waals surface area contributed by atoms with E-state index in [1.54, 1.807) is 0 Å². The van der Waals surface area contributed by atoms with Gasteiger partial charge in [0, 0.05) is 0 Å². The van der Waals surface area contributed by atoms with Crippen molar-refractivity contribution in [3.05, 3.63) is 24.6 Å². The highest BCUT2D eigenvalue weighted by molar-refractivity contribution is 4.98. The van der Waals surface area contributed by atoms with Gasteiger partial charge in [0.15, 0.2) is 0 Å². The largest absolute Gasteiger partial charge is 0.448 e. The third-order valence-corrected chi connectivity index (χ3v) is 0.415. The molecule has 0 bridgehead atoms. The second-order valence-corrected chi connectivity index (χ2v) is 1.41. The molecule has 8 heteroatoms. The van der Waals surface area contributed by atoms with Gasteiger partial charge in [-0.25, -0.2) is 0 Å². The zero-order valence-corrected chi connectivity index (χ0v) is 5.73. The molecule has 0 saturated carbocycles. The van der Waals surface area contributed by atoms with Gasteiger partial charge < -0.3 is 0 Å². The molecule has 0 aromatic heterocycles. The molecule has 0 amide bonds. The lowest BCUT2D eigenvalue weighted by Crippen LogP contribution is -2.08. The first-order valence-corrected chi connectivity index (χ1v) is 2.37. The molecule has 0 radical (unpaired) electrons. The van der Waals surface area contributed by atoms with E-state index in [0.29, 0.717) is 0 Å². The Balaban J connectivity index is 0. The van der Waals surface area contributed by atoms with Crippen LogP contribution in [0.5, 0.6) is 0 Å². The Morgan fingerprint density at radius 1 is 0.846 bits per heavy atom. The van der Waals surface area contributed by atoms with Crippen LogP contribution in [-0.2, 0) is 0 Å². The molecule has 0 atom stereocenters. The van der Waals surface area contributed by atoms with Crippen LogP contribution in [0.2, 0.25) is 0 Å². The van der Waals surface area contributed by atoms with Crippen LogP contribution < -0.4 is 0 Å². The summed E-state index contributed by atoms with van der Waals surface area (Å²) in [6.07, 6.45) is -10.7. The standard InChI is InChI=1S/C3F6.C2H2F2/c4-1(2(5)6)3(7,8)9;1-2(3)4/h;1H2. The van der Waals surface area contributed by atoms with Crippen molar-refractivity contribution in [1.82, 2.24) is 0 Å². The van der Waals surface area contributed by atoms with E-state index in [0.717, 1.165) is 0 Å². The third-order valence-electron chi connectivity index (χ3n) is 0.415. The topological polar surface area (TPSA) is 0 Å². The van der Waals surface area contributed by atoms with Crippen LogP contribution in [-0.4, -0.2) is 6.18 Å². The molecule has 0 nitrogen and oxygen atoms in total. The van der Waals surface area contributed by atoms with Crippen molar-refractivity contribution in [2.45, 2.75) is 6.18 Å². The number of rotatable bonds is 0. The maximum absolute atomic E-state index is 11.0. The smallest absolute Gasteiger partial charge is 0.196 e. The number of allylic oxidation sites excluding steroid dienone is 1. The van der Waals surface area contributed by atoms with E-state index in [1.165, 1.54) is 0 Å². The Morgan fingerprint density at radius 2 is 1.08 bits per heavy atom. The molecule has 0 fully saturated rings. The molecule has 0 aliphatic heterocycles. The van der Waals surface area contributed by atoms with Crippen LogP contribution in [0.25, 0.3) is 0 Å². The normalized spacial score (nSPS) is 9.85. The van der Waals surface area contributed by atoms with Crippen LogP contribution >= 0.6 is 0 Å². The third kappa shape index (κ3) is 10.9. The van der Waals surface area contributed by atoms with Crippen molar-refractivity contribution in [2.24, 2.45) is 0 Å². The molecule has 0 unspecified atom stereocenters. The van der Waals surface area contributed by atoms with E-state index in [9.17, 15) is 35.1 Å². The predicted molar refractivity (Wildman–Crippen MR) is 27.8 cm³/mol. The van der Waals surface area contributed by atoms with E-state index >= 15 is 0 Å². The highest BCUT2D eigenvalue weighted by Gasteiger charge is 2.38. The van der Waals surface area contributed by atoms with E-state index in [4.69, 9.17) is 0 Å². The molecule has 0 heterocycles. The molecule has 0 N–H and O–H groups in total. The van der Waals surface area contributed by atoms with Crippen LogP contribution in [0.4, 0.5) is 35.1 Å². The van der Waals surface area contributed by atoms with Gasteiger partial charge in [-0.3, -0.25) is 0 Å². The average molecular weight is 214 g/mol.